The number of aryl methyl sites for hydroxylation is 1. The highest BCUT2D eigenvalue weighted by molar-refractivity contribution is 7.92. The van der Waals surface area contributed by atoms with Crippen LogP contribution in [0.5, 0.6) is 0 Å². The molecular formula is C28H27F8NO4S. The topological polar surface area (TPSA) is 83.5 Å². The predicted octanol–water partition coefficient (Wildman–Crippen LogP) is 5.79. The molecule has 0 bridgehead atoms. The van der Waals surface area contributed by atoms with E-state index in [4.69, 9.17) is 0 Å². The third-order valence-electron chi connectivity index (χ3n) is 9.05. The van der Waals surface area contributed by atoms with Gasteiger partial charge in [-0.2, -0.15) is 26.3 Å². The van der Waals surface area contributed by atoms with Gasteiger partial charge in [0.25, 0.3) is 0 Å². The van der Waals surface area contributed by atoms with Crippen LogP contribution < -0.4 is 5.32 Å². The largest absolute Gasteiger partial charge is 0.435 e. The second kappa shape index (κ2) is 9.63. The van der Waals surface area contributed by atoms with E-state index in [1.807, 2.05) is 0 Å². The van der Waals surface area contributed by atoms with Gasteiger partial charge in [0.15, 0.2) is 9.84 Å². The molecule has 1 unspecified atom stereocenters. The van der Waals surface area contributed by atoms with Crippen LogP contribution in [0.2, 0.25) is 0 Å². The fourth-order valence-corrected chi connectivity index (χ4v) is 9.51. The summed E-state index contributed by atoms with van der Waals surface area (Å²) in [6, 6.07) is 4.67. The van der Waals surface area contributed by atoms with E-state index < -0.39 is 73.4 Å². The molecule has 2 aromatic carbocycles. The Hall–Kier alpha value is -2.74. The quantitative estimate of drug-likeness (QED) is 0.326. The highest BCUT2D eigenvalue weighted by atomic mass is 32.2. The van der Waals surface area contributed by atoms with E-state index in [9.17, 15) is 53.4 Å². The van der Waals surface area contributed by atoms with Gasteiger partial charge < -0.3 is 10.4 Å². The number of sulfone groups is 1. The molecule has 230 valence electrons. The number of halogens is 8. The highest BCUT2D eigenvalue weighted by Gasteiger charge is 2.73. The molecule has 3 atom stereocenters. The highest BCUT2D eigenvalue weighted by Crippen LogP contribution is 2.59. The van der Waals surface area contributed by atoms with Gasteiger partial charge in [-0.3, -0.25) is 4.79 Å². The van der Waals surface area contributed by atoms with E-state index in [0.29, 0.717) is 12.1 Å². The van der Waals surface area contributed by atoms with E-state index in [-0.39, 0.29) is 54.5 Å². The van der Waals surface area contributed by atoms with Crippen molar-refractivity contribution < 1.29 is 53.4 Å². The van der Waals surface area contributed by atoms with Crippen LogP contribution in [-0.4, -0.2) is 43.4 Å². The minimum Gasteiger partial charge on any atom is -0.390 e. The zero-order valence-electron chi connectivity index (χ0n) is 22.1. The lowest BCUT2D eigenvalue weighted by atomic mass is 9.71. The Labute approximate surface area is 236 Å². The minimum atomic E-state index is -6.34. The third kappa shape index (κ3) is 4.51. The molecule has 2 aromatic rings. The average molecular weight is 626 g/mol. The number of benzene rings is 2. The number of nitrogens with one attached hydrogen (secondary N) is 1. The number of amides is 1. The molecular weight excluding hydrogens is 598 g/mol. The van der Waals surface area contributed by atoms with Crippen LogP contribution in [0, 0.1) is 17.7 Å². The first-order chi connectivity index (χ1) is 19.2. The van der Waals surface area contributed by atoms with Crippen LogP contribution in [0.25, 0.3) is 0 Å². The SMILES string of the molecule is CC1(O)CC(C(=O)N[C@@H]2CCC3(S(=O)(=O)c4ccc(F)cc4)c4ccc(C(F)(C(F)(F)F)C(F)(F)F)cc4CC[C@@H]23)C1. The van der Waals surface area contributed by atoms with Gasteiger partial charge >= 0.3 is 18.0 Å². The Morgan fingerprint density at radius 1 is 0.952 bits per heavy atom. The fraction of sp³-hybridized carbons (Fsp3) is 0.536. The molecule has 0 heterocycles. The van der Waals surface area contributed by atoms with Crippen molar-refractivity contribution in [2.75, 3.05) is 0 Å². The number of hydrogen-bond donors (Lipinski definition) is 2. The van der Waals surface area contributed by atoms with Crippen molar-refractivity contribution in [3.63, 3.8) is 0 Å². The van der Waals surface area contributed by atoms with E-state index in [2.05, 4.69) is 5.32 Å². The molecule has 2 fully saturated rings. The first-order valence-corrected chi connectivity index (χ1v) is 14.7. The summed E-state index contributed by atoms with van der Waals surface area (Å²) in [7, 11) is -4.49. The summed E-state index contributed by atoms with van der Waals surface area (Å²) in [6.45, 7) is 1.57. The van der Waals surface area contributed by atoms with Gasteiger partial charge in [-0.05, 0) is 80.8 Å². The van der Waals surface area contributed by atoms with Crippen LogP contribution in [-0.2, 0) is 31.5 Å². The standard InChI is InChI=1S/C28H27F8NO4S/c1-24(39)13-16(14-24)23(38)37-22-10-11-25(42(40,41)19-6-4-18(29)5-7-19)20-9-3-17(12-15(20)2-8-21(22)25)26(30,27(31,32)33)28(34,35)36/h3-7,9,12,16,21-22,39H,2,8,10-11,13-14H2,1H3,(H,37,38)/t16?,21-,22+,24?,25?/m0/s1. The lowest BCUT2D eigenvalue weighted by Crippen LogP contribution is -2.53. The van der Waals surface area contributed by atoms with Crippen LogP contribution in [0.1, 0.15) is 55.7 Å². The van der Waals surface area contributed by atoms with Gasteiger partial charge in [-0.15, -0.1) is 0 Å². The van der Waals surface area contributed by atoms with E-state index >= 15 is 0 Å². The number of carbonyl (C=O) groups excluding carboxylic acids is 1. The monoisotopic (exact) mass is 625 g/mol. The van der Waals surface area contributed by atoms with Crippen LogP contribution in [0.3, 0.4) is 0 Å². The van der Waals surface area contributed by atoms with Gasteiger partial charge in [-0.1, -0.05) is 18.2 Å². The number of alkyl halides is 7. The molecule has 42 heavy (non-hydrogen) atoms. The lowest BCUT2D eigenvalue weighted by molar-refractivity contribution is -0.348. The Kier molecular flexibility index (Phi) is 7.04. The maximum atomic E-state index is 14.9. The van der Waals surface area contributed by atoms with Crippen LogP contribution >= 0.6 is 0 Å². The molecule has 0 saturated heterocycles. The Morgan fingerprint density at radius 2 is 1.55 bits per heavy atom. The predicted molar refractivity (Wildman–Crippen MR) is 133 cm³/mol. The first-order valence-electron chi connectivity index (χ1n) is 13.2. The summed E-state index contributed by atoms with van der Waals surface area (Å²) in [4.78, 5) is 12.6. The van der Waals surface area contributed by atoms with Gasteiger partial charge in [-0.25, -0.2) is 17.2 Å². The van der Waals surface area contributed by atoms with Crippen molar-refractivity contribution in [1.82, 2.24) is 5.32 Å². The summed E-state index contributed by atoms with van der Waals surface area (Å²) in [5.41, 5.74) is -8.68. The number of rotatable bonds is 5. The van der Waals surface area contributed by atoms with Crippen LogP contribution in [0.4, 0.5) is 35.1 Å². The average Bonchev–Trinajstić information content (AvgIpc) is 3.25. The van der Waals surface area contributed by atoms with Crippen molar-refractivity contribution in [1.29, 1.82) is 0 Å². The van der Waals surface area contributed by atoms with Crippen LogP contribution in [0.15, 0.2) is 47.4 Å². The molecule has 0 spiro atoms. The molecule has 5 nitrogen and oxygen atoms in total. The maximum Gasteiger partial charge on any atom is 0.435 e. The molecule has 2 saturated carbocycles. The molecule has 3 aliphatic carbocycles. The molecule has 0 aromatic heterocycles. The van der Waals surface area contributed by atoms with Crippen molar-refractivity contribution in [3.05, 3.63) is 65.0 Å². The van der Waals surface area contributed by atoms with Gasteiger partial charge in [0.05, 0.1) is 10.5 Å². The summed E-state index contributed by atoms with van der Waals surface area (Å²) in [6.07, 6.45) is -12.6. The molecule has 3 aliphatic rings. The second-order valence-corrected chi connectivity index (χ2v) is 14.0. The van der Waals surface area contributed by atoms with Gasteiger partial charge in [0, 0.05) is 23.4 Å². The molecule has 5 rings (SSSR count). The van der Waals surface area contributed by atoms with E-state index in [1.165, 1.54) is 0 Å². The number of fused-ring (bicyclic) bond motifs is 3. The molecule has 14 heteroatoms. The first kappa shape index (κ1) is 30.7. The third-order valence-corrected chi connectivity index (χ3v) is 11.6. The maximum absolute atomic E-state index is 14.9. The summed E-state index contributed by atoms with van der Waals surface area (Å²) >= 11 is 0. The zero-order chi connectivity index (χ0) is 31.1. The Morgan fingerprint density at radius 3 is 2.10 bits per heavy atom. The fourth-order valence-electron chi connectivity index (χ4n) is 7.04. The van der Waals surface area contributed by atoms with Crippen molar-refractivity contribution >= 4 is 15.7 Å². The van der Waals surface area contributed by atoms with Gasteiger partial charge in [0.1, 0.15) is 10.6 Å². The molecule has 0 aliphatic heterocycles. The zero-order valence-corrected chi connectivity index (χ0v) is 22.9. The van der Waals surface area contributed by atoms with Gasteiger partial charge in [0.2, 0.25) is 5.91 Å². The molecule has 2 N–H and O–H groups in total. The Balaban J connectivity index is 1.62. The van der Waals surface area contributed by atoms with Crippen molar-refractivity contribution in [2.45, 2.75) is 84.8 Å². The molecule has 1 amide bonds. The number of carbonyl (C=O) groups is 1. The minimum absolute atomic E-state index is 0.0540. The lowest BCUT2D eigenvalue weighted by Gasteiger charge is -2.44. The molecule has 0 radical (unpaired) electrons. The normalized spacial score (nSPS) is 29.8. The Bertz CT molecular complexity index is 1480. The summed E-state index contributed by atoms with van der Waals surface area (Å²) < 4.78 is 136. The van der Waals surface area contributed by atoms with Crippen molar-refractivity contribution in [2.24, 2.45) is 11.8 Å². The van der Waals surface area contributed by atoms with E-state index in [1.54, 1.807) is 6.92 Å². The second-order valence-electron chi connectivity index (χ2n) is 11.8. The summed E-state index contributed by atoms with van der Waals surface area (Å²) in [5, 5.41) is 12.9. The number of aliphatic hydroxyl groups is 1. The smallest absolute Gasteiger partial charge is 0.390 e. The number of hydrogen-bond acceptors (Lipinski definition) is 4. The summed E-state index contributed by atoms with van der Waals surface area (Å²) in [5.74, 6) is -2.50. The van der Waals surface area contributed by atoms with E-state index in [0.717, 1.165) is 30.3 Å². The van der Waals surface area contributed by atoms with Crippen molar-refractivity contribution in [3.8, 4) is 0 Å².